The van der Waals surface area contributed by atoms with Crippen LogP contribution in [-0.2, 0) is 63.0 Å². The lowest BCUT2D eigenvalue weighted by atomic mass is 10.0. The van der Waals surface area contributed by atoms with Crippen molar-refractivity contribution in [3.8, 4) is 11.5 Å². The van der Waals surface area contributed by atoms with Crippen LogP contribution in [0.15, 0.2) is 146 Å². The molecule has 0 aliphatic heterocycles. The monoisotopic (exact) mass is 1200 g/mol. The van der Waals surface area contributed by atoms with Gasteiger partial charge in [0.25, 0.3) is 30.3 Å². The lowest BCUT2D eigenvalue weighted by molar-refractivity contribution is -0.434. The van der Waals surface area contributed by atoms with Gasteiger partial charge in [0, 0.05) is 42.2 Å². The van der Waals surface area contributed by atoms with E-state index < -0.39 is 90.0 Å². The zero-order valence-corrected chi connectivity index (χ0v) is 46.1. The van der Waals surface area contributed by atoms with Gasteiger partial charge in [-0.05, 0) is 93.6 Å². The quantitative estimate of drug-likeness (QED) is 0.00531. The molecular formula is C43H48N10O19S6. The number of nitrogen functional groups attached to an aromatic ring is 2. The Morgan fingerprint density at radius 3 is 1.91 bits per heavy atom. The molecule has 420 valence electrons. The Kier molecular flexibility index (Phi) is 21.7. The molecule has 6 rings (SSSR count). The molecule has 10 N–H and O–H groups in total. The van der Waals surface area contributed by atoms with Crippen LogP contribution in [0.4, 0.5) is 51.2 Å². The molecule has 29 nitrogen and oxygen atoms in total. The van der Waals surface area contributed by atoms with Gasteiger partial charge in [-0.3, -0.25) is 18.0 Å². The van der Waals surface area contributed by atoms with E-state index >= 15 is 0 Å². The lowest BCUT2D eigenvalue weighted by Crippen LogP contribution is -2.22. The van der Waals surface area contributed by atoms with E-state index in [4.69, 9.17) is 26.7 Å². The van der Waals surface area contributed by atoms with Gasteiger partial charge >= 0.3 is 0 Å². The SMILES string of the molecule is CCN(CC)c1cc(N)c(N=Nc2ccc(NS(=O)(=O)c3ccc(C)cc3)cc2)cc1OC.CN=Nc1c(S(=O)(=O)O)cc2c(SOOO)cc(N=Nc3ccc(S(=O)(=O)CCOSOOO)cc3S(=O)(=O)O)c(N)c2c1O. The van der Waals surface area contributed by atoms with Gasteiger partial charge in [-0.15, -0.1) is 24.0 Å². The lowest BCUT2D eigenvalue weighted by Gasteiger charge is -2.24. The third-order valence-electron chi connectivity index (χ3n) is 10.5. The highest BCUT2D eigenvalue weighted by atomic mass is 32.2. The fourth-order valence-electron chi connectivity index (χ4n) is 6.79. The number of aromatic hydroxyl groups is 1. The second kappa shape index (κ2) is 27.3. The summed E-state index contributed by atoms with van der Waals surface area (Å²) in [4.78, 5) is -0.248. The van der Waals surface area contributed by atoms with E-state index in [2.05, 4.69) is 77.1 Å². The number of methoxy groups -OCH3 is 1. The molecule has 0 aliphatic carbocycles. The van der Waals surface area contributed by atoms with Crippen LogP contribution in [0.1, 0.15) is 19.4 Å². The average molecular weight is 1200 g/mol. The first-order valence-electron chi connectivity index (χ1n) is 21.7. The van der Waals surface area contributed by atoms with E-state index in [1.165, 1.54) is 0 Å². The Balaban J connectivity index is 0.000000301. The van der Waals surface area contributed by atoms with E-state index in [-0.39, 0.29) is 50.6 Å². The summed E-state index contributed by atoms with van der Waals surface area (Å²) in [5.74, 6) is -0.933. The molecule has 0 aliphatic rings. The number of azo groups is 3. The van der Waals surface area contributed by atoms with Crippen molar-refractivity contribution in [1.29, 1.82) is 0 Å². The van der Waals surface area contributed by atoms with Crippen molar-refractivity contribution < 1.29 is 86.1 Å². The Hall–Kier alpha value is -6.68. The molecule has 0 heterocycles. The molecule has 0 aromatic heterocycles. The fourth-order valence-corrected chi connectivity index (χ4v) is 11.2. The van der Waals surface area contributed by atoms with Crippen molar-refractivity contribution in [2.45, 2.75) is 45.2 Å². The molecule has 0 saturated carbocycles. The largest absolute Gasteiger partial charge is 0.505 e. The summed E-state index contributed by atoms with van der Waals surface area (Å²) >= 11 is 0.366. The minimum Gasteiger partial charge on any atom is -0.505 e. The number of phenols is 1. The first-order valence-corrected chi connectivity index (χ1v) is 29.2. The van der Waals surface area contributed by atoms with Crippen molar-refractivity contribution in [3.05, 3.63) is 96.6 Å². The number of sulfonamides is 1. The van der Waals surface area contributed by atoms with Crippen LogP contribution in [0, 0.1) is 6.92 Å². The minimum atomic E-state index is -5.12. The molecule has 0 amide bonds. The highest BCUT2D eigenvalue weighted by molar-refractivity contribution is 7.95. The second-order valence-corrected chi connectivity index (χ2v) is 23.2. The third kappa shape index (κ3) is 16.0. The summed E-state index contributed by atoms with van der Waals surface area (Å²) in [7, 11) is -15.2. The maximum atomic E-state index is 12.6. The van der Waals surface area contributed by atoms with Crippen LogP contribution >= 0.6 is 24.4 Å². The molecule has 0 unspecified atom stereocenters. The number of nitrogens with one attached hydrogen (secondary N) is 1. The molecule has 0 spiro atoms. The zero-order valence-electron chi connectivity index (χ0n) is 41.2. The van der Waals surface area contributed by atoms with Crippen molar-refractivity contribution in [1.82, 2.24) is 0 Å². The van der Waals surface area contributed by atoms with E-state index in [0.29, 0.717) is 34.6 Å². The molecule has 6 aromatic carbocycles. The Morgan fingerprint density at radius 1 is 0.705 bits per heavy atom. The molecule has 6 aromatic rings. The van der Waals surface area contributed by atoms with Gasteiger partial charge in [-0.2, -0.15) is 32.2 Å². The van der Waals surface area contributed by atoms with Crippen LogP contribution in [-0.4, -0.2) is 98.0 Å². The number of fused-ring (bicyclic) bond motifs is 1. The number of benzene rings is 6. The predicted molar refractivity (Wildman–Crippen MR) is 285 cm³/mol. The predicted octanol–water partition coefficient (Wildman–Crippen LogP) is 9.60. The number of nitrogens with zero attached hydrogens (tertiary/aromatic N) is 7. The first-order chi connectivity index (χ1) is 36.8. The summed E-state index contributed by atoms with van der Waals surface area (Å²) in [6.07, 6.45) is 0. The normalized spacial score (nSPS) is 12.4. The van der Waals surface area contributed by atoms with Gasteiger partial charge in [0.1, 0.15) is 38.3 Å². The van der Waals surface area contributed by atoms with Crippen LogP contribution in [0.3, 0.4) is 0 Å². The van der Waals surface area contributed by atoms with Crippen molar-refractivity contribution >= 4 is 126 Å². The maximum absolute atomic E-state index is 12.6. The Morgan fingerprint density at radius 2 is 1.32 bits per heavy atom. The highest BCUT2D eigenvalue weighted by Crippen LogP contribution is 2.49. The number of hydrogen-bond donors (Lipinski definition) is 8. The van der Waals surface area contributed by atoms with E-state index in [1.807, 2.05) is 13.0 Å². The number of hydrogen-bond acceptors (Lipinski definition) is 28. The number of rotatable bonds is 24. The van der Waals surface area contributed by atoms with Crippen LogP contribution in [0.25, 0.3) is 10.8 Å². The molecule has 78 heavy (non-hydrogen) atoms. The summed E-state index contributed by atoms with van der Waals surface area (Å²) in [5.41, 5.74) is 14.2. The molecule has 0 fully saturated rings. The number of nitrogens with two attached hydrogens (primary N) is 2. The Labute approximate surface area is 454 Å². The Bertz CT molecular complexity index is 3670. The van der Waals surface area contributed by atoms with Crippen molar-refractivity contribution in [2.24, 2.45) is 30.7 Å². The van der Waals surface area contributed by atoms with Gasteiger partial charge in [0.05, 0.1) is 69.4 Å². The van der Waals surface area contributed by atoms with Crippen LogP contribution in [0.2, 0.25) is 0 Å². The number of sulfone groups is 1. The highest BCUT2D eigenvalue weighted by Gasteiger charge is 2.27. The number of phenolic OH excluding ortho intramolecular Hbond substituents is 1. The third-order valence-corrected chi connectivity index (χ3v) is 16.3. The van der Waals surface area contributed by atoms with E-state index in [1.54, 1.807) is 61.7 Å². The summed E-state index contributed by atoms with van der Waals surface area (Å²) in [6, 6.07) is 21.2. The van der Waals surface area contributed by atoms with Gasteiger partial charge in [0.2, 0.25) is 0 Å². The fraction of sp³-hybridized carbons (Fsp3) is 0.209. The van der Waals surface area contributed by atoms with Crippen LogP contribution in [0.5, 0.6) is 11.5 Å². The summed E-state index contributed by atoms with van der Waals surface area (Å²) < 4.78 is 139. The molecule has 0 atom stereocenters. The van der Waals surface area contributed by atoms with Crippen molar-refractivity contribution in [2.75, 3.05) is 60.7 Å². The smallest absolute Gasteiger partial charge is 0.296 e. The topological polar surface area (TPSA) is 435 Å². The minimum absolute atomic E-state index is 0.114. The summed E-state index contributed by atoms with van der Waals surface area (Å²) in [6.45, 7) is 7.20. The van der Waals surface area contributed by atoms with Crippen LogP contribution < -0.4 is 25.8 Å². The second-order valence-electron chi connectivity index (χ2n) is 15.4. The summed E-state index contributed by atoms with van der Waals surface area (Å²) in [5, 5.41) is 56.8. The standard InChI is InChI=1S/C24H29N5O3S.C19H19N5O16S5/c1-5-29(6-2)23-15-21(25)22(16-24(23)32-4)27-26-18-9-11-19(12-10-18)28-33(30,31)20-13-7-17(3)8-14-20;1-21-24-18-15(45(33,34)35)7-10-13(41-39-37-26)8-12(17(20)16(10)19(18)25)23-22-11-3-2-9(6-14(11)44(30,31)32)43(28,29)5-4-36-42-40-38-27/h7-16,28H,5-6,25H2,1-4H3;2-3,6-8,25-27H,4-5,20H2,1H3,(H,30,31,32)(H,33,34,35). The van der Waals surface area contributed by atoms with E-state index in [9.17, 15) is 47.9 Å². The molecule has 0 saturated heterocycles. The van der Waals surface area contributed by atoms with Gasteiger partial charge in [-0.25, -0.2) is 27.4 Å². The average Bonchev–Trinajstić information content (AvgIpc) is 3.42. The number of ether oxygens (including phenoxy) is 1. The van der Waals surface area contributed by atoms with E-state index in [0.717, 1.165) is 55.7 Å². The van der Waals surface area contributed by atoms with Gasteiger partial charge < -0.3 is 26.2 Å². The van der Waals surface area contributed by atoms with Gasteiger partial charge in [0.15, 0.2) is 27.9 Å². The first kappa shape index (κ1) is 62.2. The van der Waals surface area contributed by atoms with Crippen molar-refractivity contribution in [3.63, 3.8) is 0 Å². The maximum Gasteiger partial charge on any atom is 0.296 e. The number of anilines is 4. The zero-order chi connectivity index (χ0) is 57.6. The van der Waals surface area contributed by atoms with Gasteiger partial charge in [-0.1, -0.05) is 27.8 Å². The number of aryl methyl sites for hydroxylation is 1. The molecular weight excluding hydrogens is 1150 g/mol. The molecule has 0 bridgehead atoms. The molecule has 35 heteroatoms. The molecule has 0 radical (unpaired) electrons.